The number of aromatic hydroxyl groups is 2. The molecule has 0 atom stereocenters. The zero-order valence-electron chi connectivity index (χ0n) is 10.1. The van der Waals surface area contributed by atoms with Gasteiger partial charge in [0.05, 0.1) is 5.56 Å². The number of carbonyl (C=O) groups is 1. The van der Waals surface area contributed by atoms with Crippen molar-refractivity contribution in [1.82, 2.24) is 0 Å². The molecule has 0 aliphatic carbocycles. The van der Waals surface area contributed by atoms with E-state index in [2.05, 4.69) is 5.32 Å². The van der Waals surface area contributed by atoms with Gasteiger partial charge in [-0.3, -0.25) is 4.79 Å². The molecule has 5 heteroatoms. The molecule has 98 valence electrons. The molecule has 2 rings (SSSR count). The Kier molecular flexibility index (Phi) is 3.37. The van der Waals surface area contributed by atoms with Crippen molar-refractivity contribution in [3.63, 3.8) is 0 Å². The molecule has 1 amide bonds. The van der Waals surface area contributed by atoms with Crippen molar-refractivity contribution in [1.29, 1.82) is 0 Å². The van der Waals surface area contributed by atoms with Gasteiger partial charge in [0, 0.05) is 11.3 Å². The molecule has 0 unspecified atom stereocenters. The molecule has 0 saturated heterocycles. The third-order valence-electron chi connectivity index (χ3n) is 2.78. The van der Waals surface area contributed by atoms with E-state index >= 15 is 0 Å². The Hall–Kier alpha value is -2.56. The SMILES string of the molecule is Cc1c(F)cccc1NC(=O)c1cccc(O)c1O. The lowest BCUT2D eigenvalue weighted by Gasteiger charge is -2.10. The second-order valence-corrected chi connectivity index (χ2v) is 4.04. The van der Waals surface area contributed by atoms with Gasteiger partial charge in [-0.15, -0.1) is 0 Å². The minimum Gasteiger partial charge on any atom is -0.504 e. The Balaban J connectivity index is 2.31. The monoisotopic (exact) mass is 261 g/mol. The van der Waals surface area contributed by atoms with E-state index in [9.17, 15) is 19.4 Å². The van der Waals surface area contributed by atoms with Gasteiger partial charge in [0.2, 0.25) is 0 Å². The van der Waals surface area contributed by atoms with Crippen molar-refractivity contribution in [2.24, 2.45) is 0 Å². The largest absolute Gasteiger partial charge is 0.504 e. The van der Waals surface area contributed by atoms with Gasteiger partial charge in [-0.1, -0.05) is 12.1 Å². The van der Waals surface area contributed by atoms with Crippen molar-refractivity contribution >= 4 is 11.6 Å². The summed E-state index contributed by atoms with van der Waals surface area (Å²) >= 11 is 0. The maximum Gasteiger partial charge on any atom is 0.259 e. The molecule has 0 spiro atoms. The van der Waals surface area contributed by atoms with Gasteiger partial charge < -0.3 is 15.5 Å². The second-order valence-electron chi connectivity index (χ2n) is 4.04. The van der Waals surface area contributed by atoms with Crippen LogP contribution in [-0.2, 0) is 0 Å². The van der Waals surface area contributed by atoms with Crippen LogP contribution >= 0.6 is 0 Å². The van der Waals surface area contributed by atoms with Crippen LogP contribution in [0.4, 0.5) is 10.1 Å². The molecule has 0 radical (unpaired) electrons. The molecule has 0 aromatic heterocycles. The highest BCUT2D eigenvalue weighted by atomic mass is 19.1. The summed E-state index contributed by atoms with van der Waals surface area (Å²) < 4.78 is 13.3. The molecule has 0 heterocycles. The first-order valence-corrected chi connectivity index (χ1v) is 5.58. The molecule has 0 fully saturated rings. The summed E-state index contributed by atoms with van der Waals surface area (Å²) in [6.07, 6.45) is 0. The smallest absolute Gasteiger partial charge is 0.259 e. The zero-order valence-corrected chi connectivity index (χ0v) is 10.1. The molecule has 19 heavy (non-hydrogen) atoms. The number of halogens is 1. The fraction of sp³-hybridized carbons (Fsp3) is 0.0714. The quantitative estimate of drug-likeness (QED) is 0.728. The number of anilines is 1. The molecular formula is C14H12FNO3. The van der Waals surface area contributed by atoms with Crippen molar-refractivity contribution in [3.8, 4) is 11.5 Å². The van der Waals surface area contributed by atoms with Crippen LogP contribution in [0.5, 0.6) is 11.5 Å². The summed E-state index contributed by atoms with van der Waals surface area (Å²) in [6, 6.07) is 8.37. The standard InChI is InChI=1S/C14H12FNO3/c1-8-10(15)5-3-6-11(8)16-14(19)9-4-2-7-12(17)13(9)18/h2-7,17-18H,1H3,(H,16,19). The molecule has 0 saturated carbocycles. The number of hydrogen-bond acceptors (Lipinski definition) is 3. The number of phenols is 2. The first-order valence-electron chi connectivity index (χ1n) is 5.58. The lowest BCUT2D eigenvalue weighted by Crippen LogP contribution is -2.13. The number of para-hydroxylation sites is 1. The first-order chi connectivity index (χ1) is 9.00. The van der Waals surface area contributed by atoms with Crippen LogP contribution in [0.15, 0.2) is 36.4 Å². The third-order valence-corrected chi connectivity index (χ3v) is 2.78. The van der Waals surface area contributed by atoms with Crippen LogP contribution in [0.25, 0.3) is 0 Å². The average Bonchev–Trinajstić information content (AvgIpc) is 2.38. The summed E-state index contributed by atoms with van der Waals surface area (Å²) in [5, 5.41) is 21.4. The summed E-state index contributed by atoms with van der Waals surface area (Å²) in [4.78, 5) is 11.9. The van der Waals surface area contributed by atoms with E-state index in [0.29, 0.717) is 11.3 Å². The van der Waals surface area contributed by atoms with Gasteiger partial charge in [0.1, 0.15) is 5.82 Å². The molecule has 0 aliphatic rings. The minimum atomic E-state index is -0.623. The van der Waals surface area contributed by atoms with E-state index in [0.717, 1.165) is 0 Å². The summed E-state index contributed by atoms with van der Waals surface area (Å²) in [5.41, 5.74) is 0.534. The van der Waals surface area contributed by atoms with E-state index in [1.165, 1.54) is 37.3 Å². The first kappa shape index (κ1) is 12.9. The highest BCUT2D eigenvalue weighted by Gasteiger charge is 2.15. The van der Waals surface area contributed by atoms with Gasteiger partial charge >= 0.3 is 0 Å². The van der Waals surface area contributed by atoms with Gasteiger partial charge in [-0.05, 0) is 31.2 Å². The number of hydrogen-bond donors (Lipinski definition) is 3. The van der Waals surface area contributed by atoms with Crippen LogP contribution in [-0.4, -0.2) is 16.1 Å². The molecule has 2 aromatic carbocycles. The predicted molar refractivity (Wildman–Crippen MR) is 68.9 cm³/mol. The number of nitrogens with one attached hydrogen (secondary N) is 1. The minimum absolute atomic E-state index is 0.0799. The fourth-order valence-corrected chi connectivity index (χ4v) is 1.65. The summed E-state index contributed by atoms with van der Waals surface area (Å²) in [6.45, 7) is 1.53. The highest BCUT2D eigenvalue weighted by molar-refractivity contribution is 6.06. The number of benzene rings is 2. The molecule has 3 N–H and O–H groups in total. The number of phenolic OH excluding ortho intramolecular Hbond substituents is 2. The fourth-order valence-electron chi connectivity index (χ4n) is 1.65. The van der Waals surface area contributed by atoms with Crippen molar-refractivity contribution in [2.45, 2.75) is 6.92 Å². The summed E-state index contributed by atoms with van der Waals surface area (Å²) in [5.74, 6) is -1.95. The second kappa shape index (κ2) is 4.97. The Morgan fingerprint density at radius 1 is 1.16 bits per heavy atom. The molecular weight excluding hydrogens is 249 g/mol. The Bertz CT molecular complexity index is 641. The number of amides is 1. The molecule has 4 nitrogen and oxygen atoms in total. The van der Waals surface area contributed by atoms with Crippen LogP contribution < -0.4 is 5.32 Å². The lowest BCUT2D eigenvalue weighted by molar-refractivity contribution is 0.102. The van der Waals surface area contributed by atoms with Crippen molar-refractivity contribution < 1.29 is 19.4 Å². The Morgan fingerprint density at radius 2 is 1.84 bits per heavy atom. The zero-order chi connectivity index (χ0) is 14.0. The van der Waals surface area contributed by atoms with Crippen LogP contribution in [0, 0.1) is 12.7 Å². The maximum atomic E-state index is 13.3. The molecule has 2 aromatic rings. The molecule has 0 bridgehead atoms. The van der Waals surface area contributed by atoms with Gasteiger partial charge in [0.25, 0.3) is 5.91 Å². The Labute approximate surface area is 109 Å². The third kappa shape index (κ3) is 2.49. The average molecular weight is 261 g/mol. The van der Waals surface area contributed by atoms with E-state index in [4.69, 9.17) is 0 Å². The van der Waals surface area contributed by atoms with Gasteiger partial charge in [-0.25, -0.2) is 4.39 Å². The topological polar surface area (TPSA) is 69.6 Å². The molecule has 0 aliphatic heterocycles. The van der Waals surface area contributed by atoms with Crippen LogP contribution in [0.2, 0.25) is 0 Å². The van der Waals surface area contributed by atoms with Crippen molar-refractivity contribution in [3.05, 3.63) is 53.3 Å². The van der Waals surface area contributed by atoms with Crippen molar-refractivity contribution in [2.75, 3.05) is 5.32 Å². The predicted octanol–water partition coefficient (Wildman–Crippen LogP) is 2.80. The Morgan fingerprint density at radius 3 is 2.58 bits per heavy atom. The normalized spacial score (nSPS) is 10.2. The number of rotatable bonds is 2. The summed E-state index contributed by atoms with van der Waals surface area (Å²) in [7, 11) is 0. The van der Waals surface area contributed by atoms with Crippen LogP contribution in [0.1, 0.15) is 15.9 Å². The number of carbonyl (C=O) groups excluding carboxylic acids is 1. The van der Waals surface area contributed by atoms with Gasteiger partial charge in [-0.2, -0.15) is 0 Å². The van der Waals surface area contributed by atoms with E-state index in [1.54, 1.807) is 6.07 Å². The van der Waals surface area contributed by atoms with Crippen LogP contribution in [0.3, 0.4) is 0 Å². The lowest BCUT2D eigenvalue weighted by atomic mass is 10.1. The van der Waals surface area contributed by atoms with E-state index < -0.39 is 17.5 Å². The van der Waals surface area contributed by atoms with E-state index in [-0.39, 0.29) is 11.3 Å². The van der Waals surface area contributed by atoms with Gasteiger partial charge in [0.15, 0.2) is 11.5 Å². The highest BCUT2D eigenvalue weighted by Crippen LogP contribution is 2.29. The maximum absolute atomic E-state index is 13.3. The van der Waals surface area contributed by atoms with E-state index in [1.807, 2.05) is 0 Å².